The predicted octanol–water partition coefficient (Wildman–Crippen LogP) is 4.94. The van der Waals surface area contributed by atoms with Gasteiger partial charge < -0.3 is 9.47 Å². The monoisotopic (exact) mass is 314 g/mol. The van der Waals surface area contributed by atoms with E-state index in [1.54, 1.807) is 6.08 Å². The Morgan fingerprint density at radius 1 is 1.09 bits per heavy atom. The van der Waals surface area contributed by atoms with Gasteiger partial charge in [0.05, 0.1) is 7.11 Å². The lowest BCUT2D eigenvalue weighted by molar-refractivity contribution is -0.134. The van der Waals surface area contributed by atoms with E-state index in [4.69, 9.17) is 4.74 Å². The zero-order valence-corrected chi connectivity index (χ0v) is 14.5. The summed E-state index contributed by atoms with van der Waals surface area (Å²) >= 11 is 0. The van der Waals surface area contributed by atoms with Gasteiger partial charge in [0, 0.05) is 6.08 Å². The van der Waals surface area contributed by atoms with E-state index in [9.17, 15) is 4.79 Å². The normalized spacial score (nSPS) is 11.4. The van der Waals surface area contributed by atoms with Gasteiger partial charge in [0.15, 0.2) is 0 Å². The third kappa shape index (κ3) is 8.67. The third-order valence-corrected chi connectivity index (χ3v) is 3.27. The van der Waals surface area contributed by atoms with Crippen LogP contribution in [-0.4, -0.2) is 19.7 Å². The van der Waals surface area contributed by atoms with Gasteiger partial charge in [-0.3, -0.25) is 0 Å². The van der Waals surface area contributed by atoms with E-state index in [2.05, 4.69) is 37.7 Å². The number of allylic oxidation sites excluding steroid dienone is 3. The first-order chi connectivity index (χ1) is 11.0. The van der Waals surface area contributed by atoms with E-state index >= 15 is 0 Å². The molecule has 1 aromatic carbocycles. The standard InChI is InChI=1S/C20H26O3/c1-16(2)6-5-7-17(3)14-15-23-19-11-8-18(9-12-19)10-13-20(21)22-4/h6,8-14H,5,7,15H2,1-4H3/b13-10+,17-14+. The fraction of sp³-hybridized carbons (Fsp3) is 0.350. The predicted molar refractivity (Wildman–Crippen MR) is 95.4 cm³/mol. The largest absolute Gasteiger partial charge is 0.490 e. The molecule has 0 aliphatic heterocycles. The maximum Gasteiger partial charge on any atom is 0.330 e. The second kappa shape index (κ2) is 10.4. The van der Waals surface area contributed by atoms with E-state index in [0.717, 1.165) is 24.2 Å². The molecule has 0 heterocycles. The first kappa shape index (κ1) is 18.8. The Kier molecular flexibility index (Phi) is 8.51. The summed E-state index contributed by atoms with van der Waals surface area (Å²) in [6.07, 6.45) is 9.61. The van der Waals surface area contributed by atoms with E-state index in [1.807, 2.05) is 24.3 Å². The third-order valence-electron chi connectivity index (χ3n) is 3.27. The molecule has 0 aromatic heterocycles. The van der Waals surface area contributed by atoms with Gasteiger partial charge in [0.2, 0.25) is 0 Å². The van der Waals surface area contributed by atoms with Crippen molar-refractivity contribution in [2.45, 2.75) is 33.6 Å². The summed E-state index contributed by atoms with van der Waals surface area (Å²) in [5, 5.41) is 0. The lowest BCUT2D eigenvalue weighted by atomic mass is 10.1. The SMILES string of the molecule is COC(=O)/C=C/c1ccc(OC/C=C(\C)CCC=C(C)C)cc1. The van der Waals surface area contributed by atoms with Crippen LogP contribution in [0.4, 0.5) is 0 Å². The van der Waals surface area contributed by atoms with Crippen molar-refractivity contribution >= 4 is 12.0 Å². The molecule has 124 valence electrons. The molecule has 0 aliphatic rings. The highest BCUT2D eigenvalue weighted by Crippen LogP contribution is 2.14. The summed E-state index contributed by atoms with van der Waals surface area (Å²) in [5.74, 6) is 0.451. The van der Waals surface area contributed by atoms with Gasteiger partial charge in [0.1, 0.15) is 12.4 Å². The molecule has 0 aliphatic carbocycles. The number of ether oxygens (including phenoxy) is 2. The first-order valence-corrected chi connectivity index (χ1v) is 7.79. The molecular weight excluding hydrogens is 288 g/mol. The van der Waals surface area contributed by atoms with Crippen molar-refractivity contribution in [2.24, 2.45) is 0 Å². The average molecular weight is 314 g/mol. The fourth-order valence-electron chi connectivity index (χ4n) is 1.88. The van der Waals surface area contributed by atoms with Crippen molar-refractivity contribution in [2.75, 3.05) is 13.7 Å². The molecule has 0 spiro atoms. The molecule has 23 heavy (non-hydrogen) atoms. The molecule has 0 radical (unpaired) electrons. The number of esters is 1. The Morgan fingerprint density at radius 3 is 2.39 bits per heavy atom. The van der Waals surface area contributed by atoms with Crippen LogP contribution in [0.5, 0.6) is 5.75 Å². The van der Waals surface area contributed by atoms with Crippen LogP contribution < -0.4 is 4.74 Å². The highest BCUT2D eigenvalue weighted by Gasteiger charge is 1.95. The van der Waals surface area contributed by atoms with Gasteiger partial charge in [-0.25, -0.2) is 4.79 Å². The van der Waals surface area contributed by atoms with E-state index in [0.29, 0.717) is 6.61 Å². The molecule has 0 fully saturated rings. The van der Waals surface area contributed by atoms with Crippen molar-refractivity contribution in [3.8, 4) is 5.75 Å². The van der Waals surface area contributed by atoms with Crippen molar-refractivity contribution in [3.63, 3.8) is 0 Å². The second-order valence-electron chi connectivity index (χ2n) is 5.61. The molecule has 0 amide bonds. The molecule has 0 saturated heterocycles. The van der Waals surface area contributed by atoms with Crippen molar-refractivity contribution in [1.82, 2.24) is 0 Å². The topological polar surface area (TPSA) is 35.5 Å². The molecule has 0 atom stereocenters. The van der Waals surface area contributed by atoms with Gasteiger partial charge >= 0.3 is 5.97 Å². The van der Waals surface area contributed by atoms with Crippen molar-refractivity contribution < 1.29 is 14.3 Å². The molecule has 3 nitrogen and oxygen atoms in total. The Bertz CT molecular complexity index is 573. The Hall–Kier alpha value is -2.29. The van der Waals surface area contributed by atoms with Crippen LogP contribution >= 0.6 is 0 Å². The number of rotatable bonds is 8. The molecule has 0 saturated carbocycles. The van der Waals surface area contributed by atoms with Gasteiger partial charge in [-0.1, -0.05) is 29.4 Å². The summed E-state index contributed by atoms with van der Waals surface area (Å²) in [7, 11) is 1.36. The van der Waals surface area contributed by atoms with Crippen LogP contribution in [0.15, 0.2) is 53.6 Å². The lowest BCUT2D eigenvalue weighted by Gasteiger charge is -2.05. The summed E-state index contributed by atoms with van der Waals surface area (Å²) < 4.78 is 10.2. The summed E-state index contributed by atoms with van der Waals surface area (Å²) in [5.41, 5.74) is 3.62. The average Bonchev–Trinajstić information content (AvgIpc) is 2.53. The second-order valence-corrected chi connectivity index (χ2v) is 5.61. The molecule has 3 heteroatoms. The molecule has 0 N–H and O–H groups in total. The van der Waals surface area contributed by atoms with Gasteiger partial charge in [0.25, 0.3) is 0 Å². The smallest absolute Gasteiger partial charge is 0.330 e. The van der Waals surface area contributed by atoms with Crippen LogP contribution in [0.1, 0.15) is 39.2 Å². The molecule has 0 unspecified atom stereocenters. The van der Waals surface area contributed by atoms with Gasteiger partial charge in [-0.2, -0.15) is 0 Å². The van der Waals surface area contributed by atoms with Crippen LogP contribution in [0.25, 0.3) is 6.08 Å². The van der Waals surface area contributed by atoms with E-state index in [1.165, 1.54) is 24.3 Å². The van der Waals surface area contributed by atoms with Crippen LogP contribution in [0.3, 0.4) is 0 Å². The maximum atomic E-state index is 11.0. The highest BCUT2D eigenvalue weighted by atomic mass is 16.5. The number of hydrogen-bond donors (Lipinski definition) is 0. The van der Waals surface area contributed by atoms with Crippen molar-refractivity contribution in [1.29, 1.82) is 0 Å². The fourth-order valence-corrected chi connectivity index (χ4v) is 1.88. The summed E-state index contributed by atoms with van der Waals surface area (Å²) in [4.78, 5) is 11.0. The number of methoxy groups -OCH3 is 1. The quantitative estimate of drug-likeness (QED) is 0.387. The molecule has 0 bridgehead atoms. The minimum absolute atomic E-state index is 0.362. The highest BCUT2D eigenvalue weighted by molar-refractivity contribution is 5.86. The first-order valence-electron chi connectivity index (χ1n) is 7.79. The van der Waals surface area contributed by atoms with Crippen LogP contribution in [0, 0.1) is 0 Å². The lowest BCUT2D eigenvalue weighted by Crippen LogP contribution is -1.95. The van der Waals surface area contributed by atoms with Gasteiger partial charge in [-0.05, 0) is 63.5 Å². The van der Waals surface area contributed by atoms with Crippen LogP contribution in [0.2, 0.25) is 0 Å². The summed E-state index contributed by atoms with van der Waals surface area (Å²) in [6, 6.07) is 7.59. The van der Waals surface area contributed by atoms with Crippen LogP contribution in [-0.2, 0) is 9.53 Å². The molecular formula is C20H26O3. The Balaban J connectivity index is 2.42. The minimum Gasteiger partial charge on any atom is -0.490 e. The Morgan fingerprint density at radius 2 is 1.78 bits per heavy atom. The number of carbonyl (C=O) groups excluding carboxylic acids is 1. The zero-order valence-electron chi connectivity index (χ0n) is 14.5. The number of carbonyl (C=O) groups is 1. The maximum absolute atomic E-state index is 11.0. The molecule has 1 rings (SSSR count). The number of hydrogen-bond acceptors (Lipinski definition) is 3. The van der Waals surface area contributed by atoms with Gasteiger partial charge in [-0.15, -0.1) is 0 Å². The van der Waals surface area contributed by atoms with E-state index in [-0.39, 0.29) is 5.97 Å². The van der Waals surface area contributed by atoms with E-state index < -0.39 is 0 Å². The zero-order chi connectivity index (χ0) is 17.1. The number of benzene rings is 1. The minimum atomic E-state index is -0.362. The molecule has 1 aromatic rings. The Labute approximate surface area is 139 Å². The van der Waals surface area contributed by atoms with Crippen molar-refractivity contribution in [3.05, 3.63) is 59.2 Å². The summed E-state index contributed by atoms with van der Waals surface area (Å²) in [6.45, 7) is 6.93.